The lowest BCUT2D eigenvalue weighted by atomic mass is 9.93. The number of nitrogens with zero attached hydrogens (tertiary/aromatic N) is 5. The molecule has 0 spiro atoms. The molecule has 2 N–H and O–H groups in total. The van der Waals surface area contributed by atoms with Gasteiger partial charge in [0.15, 0.2) is 0 Å². The van der Waals surface area contributed by atoms with Crippen LogP contribution in [0, 0.1) is 5.41 Å². The lowest BCUT2D eigenvalue weighted by molar-refractivity contribution is -0.149. The summed E-state index contributed by atoms with van der Waals surface area (Å²) in [5.41, 5.74) is -6.20. The van der Waals surface area contributed by atoms with Crippen LogP contribution in [-0.2, 0) is 39.2 Å². The number of benzene rings is 1. The Morgan fingerprint density at radius 1 is 0.926 bits per heavy atom. The first-order valence-electron chi connectivity index (χ1n) is 16.6. The van der Waals surface area contributed by atoms with Gasteiger partial charge in [-0.3, -0.25) is 9.69 Å². The van der Waals surface area contributed by atoms with Gasteiger partial charge >= 0.3 is 30.6 Å². The van der Waals surface area contributed by atoms with Crippen LogP contribution in [0.15, 0.2) is 36.5 Å². The fourth-order valence-corrected chi connectivity index (χ4v) is 6.02. The van der Waals surface area contributed by atoms with Gasteiger partial charge in [0.2, 0.25) is 5.95 Å². The summed E-state index contributed by atoms with van der Waals surface area (Å²) in [5.74, 6) is -1.48. The van der Waals surface area contributed by atoms with Crippen LogP contribution in [0.4, 0.5) is 61.6 Å². The molecule has 2 aliphatic heterocycles. The van der Waals surface area contributed by atoms with Crippen molar-refractivity contribution in [3.8, 4) is 0 Å². The van der Waals surface area contributed by atoms with Crippen molar-refractivity contribution >= 4 is 29.4 Å². The SMILES string of the molecule is CC[C@@H]1C[C@H](Nc2ncc(N3CCOCC3)c(Cc3cc(C(F)(F)F)cc(C(F)(F)F)c3)n2)c2nc(C(F)(F)F)ccc2N1C(=O)OCC(C)(C)C(=O)O. The number of fused-ring (bicyclic) bond motifs is 1. The van der Waals surface area contributed by atoms with E-state index in [4.69, 9.17) is 9.47 Å². The number of ether oxygens (including phenoxy) is 2. The van der Waals surface area contributed by atoms with Crippen molar-refractivity contribution in [2.75, 3.05) is 48.0 Å². The summed E-state index contributed by atoms with van der Waals surface area (Å²) in [7, 11) is 0. The Bertz CT molecular complexity index is 1830. The molecule has 11 nitrogen and oxygen atoms in total. The number of aliphatic carboxylic acids is 1. The molecule has 1 aromatic carbocycles. The minimum Gasteiger partial charge on any atom is -0.481 e. The predicted molar refractivity (Wildman–Crippen MR) is 174 cm³/mol. The molecule has 4 heterocycles. The van der Waals surface area contributed by atoms with Crippen LogP contribution in [0.25, 0.3) is 0 Å². The van der Waals surface area contributed by atoms with Gasteiger partial charge in [-0.1, -0.05) is 6.92 Å². The monoisotopic (exact) mass is 778 g/mol. The summed E-state index contributed by atoms with van der Waals surface area (Å²) < 4.78 is 135. The van der Waals surface area contributed by atoms with Crippen molar-refractivity contribution in [3.05, 3.63) is 70.3 Å². The molecule has 294 valence electrons. The molecule has 0 unspecified atom stereocenters. The van der Waals surface area contributed by atoms with Crippen molar-refractivity contribution in [1.82, 2.24) is 15.0 Å². The number of carboxylic acid groups (broad SMARTS) is 1. The molecule has 2 atom stereocenters. The van der Waals surface area contributed by atoms with Gasteiger partial charge in [0.25, 0.3) is 0 Å². The van der Waals surface area contributed by atoms with Crippen molar-refractivity contribution in [3.63, 3.8) is 0 Å². The summed E-state index contributed by atoms with van der Waals surface area (Å²) in [6.07, 6.45) is -15.2. The Morgan fingerprint density at radius 3 is 2.11 bits per heavy atom. The fraction of sp³-hybridized carbons (Fsp3) is 0.500. The number of carbonyl (C=O) groups excluding carboxylic acids is 1. The molecular formula is C34H35F9N6O5. The van der Waals surface area contributed by atoms with Gasteiger partial charge in [0.05, 0.1) is 64.8 Å². The standard InChI is InChI=1S/C34H35F9N6O5/c1-4-21-15-23(27-24(5-6-26(47-27)34(41,42)43)49(21)30(52)54-17-31(2,3)28(50)51)46-29-44-16-25(48-7-9-53-10-8-48)22(45-29)13-18-11-19(32(35,36)37)14-20(12-18)33(38,39)40/h5-6,11-12,14,16,21,23H,4,7-10,13,15,17H2,1-3H3,(H,50,51)(H,44,45,46)/t21-,23+/m1/s1. The summed E-state index contributed by atoms with van der Waals surface area (Å²) in [6, 6.07) is 1.07. The van der Waals surface area contributed by atoms with Crippen molar-refractivity contribution in [2.45, 2.75) is 70.6 Å². The highest BCUT2D eigenvalue weighted by molar-refractivity contribution is 5.90. The molecule has 3 aromatic rings. The van der Waals surface area contributed by atoms with Crippen LogP contribution in [0.3, 0.4) is 0 Å². The van der Waals surface area contributed by atoms with E-state index in [1.807, 2.05) is 0 Å². The molecule has 20 heteroatoms. The number of anilines is 3. The Kier molecular flexibility index (Phi) is 11.3. The average Bonchev–Trinajstić information content (AvgIpc) is 3.09. The first-order chi connectivity index (χ1) is 25.1. The molecular weight excluding hydrogens is 743 g/mol. The number of aromatic nitrogens is 3. The summed E-state index contributed by atoms with van der Waals surface area (Å²) >= 11 is 0. The van der Waals surface area contributed by atoms with Crippen LogP contribution in [0.5, 0.6) is 0 Å². The number of halogens is 9. The Balaban J connectivity index is 1.56. The van der Waals surface area contributed by atoms with E-state index in [0.717, 1.165) is 11.0 Å². The summed E-state index contributed by atoms with van der Waals surface area (Å²) in [5, 5.41) is 12.4. The molecule has 0 radical (unpaired) electrons. The van der Waals surface area contributed by atoms with Crippen LogP contribution >= 0.6 is 0 Å². The number of alkyl halides is 9. The topological polar surface area (TPSA) is 130 Å². The molecule has 5 rings (SSSR count). The van der Waals surface area contributed by atoms with E-state index in [1.54, 1.807) is 11.8 Å². The van der Waals surface area contributed by atoms with Crippen LogP contribution in [-0.4, -0.2) is 71.1 Å². The largest absolute Gasteiger partial charge is 0.481 e. The van der Waals surface area contributed by atoms with Crippen molar-refractivity contribution in [2.24, 2.45) is 5.41 Å². The maximum absolute atomic E-state index is 13.9. The summed E-state index contributed by atoms with van der Waals surface area (Å²) in [4.78, 5) is 40.4. The molecule has 0 aliphatic carbocycles. The molecule has 0 saturated carbocycles. The smallest absolute Gasteiger partial charge is 0.433 e. The van der Waals surface area contributed by atoms with Gasteiger partial charge in [-0.05, 0) is 62.6 Å². The Morgan fingerprint density at radius 2 is 1.56 bits per heavy atom. The quantitative estimate of drug-likeness (QED) is 0.208. The normalized spacial score (nSPS) is 18.3. The van der Waals surface area contributed by atoms with Crippen LogP contribution in [0.1, 0.15) is 73.4 Å². The number of carboxylic acids is 1. The first-order valence-corrected chi connectivity index (χ1v) is 16.6. The van der Waals surface area contributed by atoms with E-state index < -0.39 is 77.9 Å². The Hall–Kier alpha value is -4.88. The molecule has 1 fully saturated rings. The van der Waals surface area contributed by atoms with E-state index in [9.17, 15) is 54.2 Å². The number of rotatable bonds is 9. The number of pyridine rings is 1. The van der Waals surface area contributed by atoms with E-state index in [-0.39, 0.29) is 60.7 Å². The highest BCUT2D eigenvalue weighted by atomic mass is 19.4. The van der Waals surface area contributed by atoms with Gasteiger partial charge in [-0.15, -0.1) is 0 Å². The van der Waals surface area contributed by atoms with Gasteiger partial charge in [0, 0.05) is 25.6 Å². The predicted octanol–water partition coefficient (Wildman–Crippen LogP) is 7.74. The molecule has 2 aromatic heterocycles. The third kappa shape index (κ3) is 9.07. The van der Waals surface area contributed by atoms with E-state index >= 15 is 0 Å². The van der Waals surface area contributed by atoms with Crippen molar-refractivity contribution in [1.29, 1.82) is 0 Å². The number of amides is 1. The van der Waals surface area contributed by atoms with E-state index in [2.05, 4.69) is 20.3 Å². The maximum atomic E-state index is 13.9. The zero-order valence-corrected chi connectivity index (χ0v) is 29.0. The number of carbonyl (C=O) groups is 2. The second-order valence-electron chi connectivity index (χ2n) is 13.4. The number of morpholine rings is 1. The van der Waals surface area contributed by atoms with Gasteiger partial charge < -0.3 is 24.8 Å². The Labute approximate surface area is 302 Å². The zero-order chi connectivity index (χ0) is 39.8. The number of hydrogen-bond donors (Lipinski definition) is 2. The first kappa shape index (κ1) is 40.3. The summed E-state index contributed by atoms with van der Waals surface area (Å²) in [6.45, 7) is 4.91. The minimum atomic E-state index is -5.10. The van der Waals surface area contributed by atoms with Gasteiger partial charge in [-0.2, -0.15) is 39.5 Å². The van der Waals surface area contributed by atoms with Crippen molar-refractivity contribution < 1.29 is 63.7 Å². The zero-order valence-electron chi connectivity index (χ0n) is 29.0. The second-order valence-corrected chi connectivity index (χ2v) is 13.4. The fourth-order valence-electron chi connectivity index (χ4n) is 6.02. The lowest BCUT2D eigenvalue weighted by Crippen LogP contribution is -2.47. The van der Waals surface area contributed by atoms with Crippen LogP contribution in [0.2, 0.25) is 0 Å². The highest BCUT2D eigenvalue weighted by Crippen LogP contribution is 2.42. The number of hydrogen-bond acceptors (Lipinski definition) is 9. The van der Waals surface area contributed by atoms with E-state index in [0.29, 0.717) is 37.0 Å². The van der Waals surface area contributed by atoms with E-state index in [1.165, 1.54) is 20.0 Å². The second kappa shape index (κ2) is 15.1. The highest BCUT2D eigenvalue weighted by Gasteiger charge is 2.42. The maximum Gasteiger partial charge on any atom is 0.433 e. The molecule has 2 aliphatic rings. The lowest BCUT2D eigenvalue weighted by Gasteiger charge is -2.40. The average molecular weight is 779 g/mol. The third-order valence-corrected chi connectivity index (χ3v) is 8.98. The van der Waals surface area contributed by atoms with Crippen LogP contribution < -0.4 is 15.1 Å². The minimum absolute atomic E-state index is 0.0122. The molecule has 1 saturated heterocycles. The van der Waals surface area contributed by atoms with Gasteiger partial charge in [-0.25, -0.2) is 19.7 Å². The number of nitrogens with one attached hydrogen (secondary N) is 1. The molecule has 1 amide bonds. The molecule has 0 bridgehead atoms. The third-order valence-electron chi connectivity index (χ3n) is 8.98. The van der Waals surface area contributed by atoms with Gasteiger partial charge in [0.1, 0.15) is 12.3 Å². The molecule has 54 heavy (non-hydrogen) atoms.